The summed E-state index contributed by atoms with van der Waals surface area (Å²) in [6.45, 7) is 2.61. The Labute approximate surface area is 129 Å². The Balaban J connectivity index is 1.90. The lowest BCUT2D eigenvalue weighted by Gasteiger charge is -2.09. The number of thiophene rings is 1. The van der Waals surface area contributed by atoms with Gasteiger partial charge in [0.05, 0.1) is 12.6 Å². The molecule has 2 rings (SSSR count). The summed E-state index contributed by atoms with van der Waals surface area (Å²) in [5.74, 6) is -0.842. The second-order valence-corrected chi connectivity index (χ2v) is 6.06. The zero-order valence-corrected chi connectivity index (χ0v) is 12.8. The minimum Gasteiger partial charge on any atom is -0.350 e. The van der Waals surface area contributed by atoms with E-state index < -0.39 is 5.92 Å². The molecule has 1 aromatic heterocycles. The van der Waals surface area contributed by atoms with E-state index in [0.29, 0.717) is 13.0 Å². The molecule has 4 heteroatoms. The van der Waals surface area contributed by atoms with E-state index in [-0.39, 0.29) is 5.91 Å². The van der Waals surface area contributed by atoms with E-state index in [9.17, 15) is 10.1 Å². The van der Waals surface area contributed by atoms with Crippen LogP contribution in [0, 0.1) is 17.2 Å². The van der Waals surface area contributed by atoms with Gasteiger partial charge in [0.2, 0.25) is 5.91 Å². The maximum atomic E-state index is 12.1. The number of carbonyl (C=O) groups is 1. The average molecular weight is 298 g/mol. The van der Waals surface area contributed by atoms with E-state index in [1.54, 1.807) is 11.3 Å². The molecule has 0 aliphatic rings. The largest absolute Gasteiger partial charge is 0.350 e. The van der Waals surface area contributed by atoms with Gasteiger partial charge >= 0.3 is 0 Å². The summed E-state index contributed by atoms with van der Waals surface area (Å²) in [5, 5.41) is 12.0. The highest BCUT2D eigenvalue weighted by molar-refractivity contribution is 7.11. The van der Waals surface area contributed by atoms with E-state index in [1.165, 1.54) is 4.88 Å². The fourth-order valence-corrected chi connectivity index (χ4v) is 2.95. The predicted octanol–water partition coefficient (Wildman–Crippen LogP) is 3.31. The molecule has 0 bridgehead atoms. The number of carbonyl (C=O) groups excluding carboxylic acids is 1. The summed E-state index contributed by atoms with van der Waals surface area (Å²) in [6, 6.07) is 15.8. The molecule has 1 N–H and O–H groups in total. The van der Waals surface area contributed by atoms with Gasteiger partial charge in [0.15, 0.2) is 0 Å². The molecule has 0 aliphatic carbocycles. The standard InChI is InChI=1S/C17H18N2OS/c1-2-15-8-9-16(21-15)12-19-17(20)14(11-18)10-13-6-4-3-5-7-13/h3-9,14H,2,10,12H2,1H3,(H,19,20). The topological polar surface area (TPSA) is 52.9 Å². The number of rotatable bonds is 6. The van der Waals surface area contributed by atoms with Crippen LogP contribution in [0.5, 0.6) is 0 Å². The number of amides is 1. The van der Waals surface area contributed by atoms with E-state index in [4.69, 9.17) is 0 Å². The van der Waals surface area contributed by atoms with Crippen molar-refractivity contribution in [3.63, 3.8) is 0 Å². The van der Waals surface area contributed by atoms with Gasteiger partial charge < -0.3 is 5.32 Å². The van der Waals surface area contributed by atoms with Crippen molar-refractivity contribution < 1.29 is 4.79 Å². The van der Waals surface area contributed by atoms with Gasteiger partial charge in [-0.05, 0) is 30.5 Å². The van der Waals surface area contributed by atoms with Gasteiger partial charge in [-0.1, -0.05) is 37.3 Å². The van der Waals surface area contributed by atoms with Crippen LogP contribution in [0.4, 0.5) is 0 Å². The summed E-state index contributed by atoms with van der Waals surface area (Å²) in [7, 11) is 0. The molecule has 1 unspecified atom stereocenters. The molecule has 1 amide bonds. The Bertz CT molecular complexity index is 628. The van der Waals surface area contributed by atoms with Crippen LogP contribution in [0.25, 0.3) is 0 Å². The molecule has 1 heterocycles. The SMILES string of the molecule is CCc1ccc(CNC(=O)C(C#N)Cc2ccccc2)s1. The van der Waals surface area contributed by atoms with Crippen LogP contribution in [0.2, 0.25) is 0 Å². The highest BCUT2D eigenvalue weighted by atomic mass is 32.1. The van der Waals surface area contributed by atoms with Crippen molar-refractivity contribution in [3.8, 4) is 6.07 Å². The first-order chi connectivity index (χ1) is 10.2. The van der Waals surface area contributed by atoms with E-state index in [1.807, 2.05) is 36.4 Å². The molecule has 2 aromatic rings. The van der Waals surface area contributed by atoms with Crippen molar-refractivity contribution in [3.05, 3.63) is 57.8 Å². The monoisotopic (exact) mass is 298 g/mol. The summed E-state index contributed by atoms with van der Waals surface area (Å²) in [6.07, 6.45) is 1.46. The average Bonchev–Trinajstić information content (AvgIpc) is 2.99. The molecule has 0 fully saturated rings. The fraction of sp³-hybridized carbons (Fsp3) is 0.294. The summed E-state index contributed by atoms with van der Waals surface area (Å²) in [5.41, 5.74) is 1.00. The van der Waals surface area contributed by atoms with Gasteiger partial charge in [-0.3, -0.25) is 4.79 Å². The van der Waals surface area contributed by atoms with E-state index >= 15 is 0 Å². The molecule has 0 radical (unpaired) electrons. The van der Waals surface area contributed by atoms with Crippen LogP contribution in [0.15, 0.2) is 42.5 Å². The Hall–Kier alpha value is -2.12. The third-order valence-corrected chi connectivity index (χ3v) is 4.49. The predicted molar refractivity (Wildman–Crippen MR) is 84.8 cm³/mol. The van der Waals surface area contributed by atoms with Crippen LogP contribution in [0.3, 0.4) is 0 Å². The molecule has 0 saturated heterocycles. The molecule has 0 spiro atoms. The van der Waals surface area contributed by atoms with Gasteiger partial charge in [-0.25, -0.2) is 0 Å². The Kier molecular flexibility index (Phi) is 5.53. The molecule has 108 valence electrons. The van der Waals surface area contributed by atoms with Crippen LogP contribution < -0.4 is 5.32 Å². The van der Waals surface area contributed by atoms with Crippen molar-refractivity contribution in [2.45, 2.75) is 26.3 Å². The van der Waals surface area contributed by atoms with Gasteiger partial charge in [-0.15, -0.1) is 11.3 Å². The number of hydrogen-bond acceptors (Lipinski definition) is 3. The van der Waals surface area contributed by atoms with Gasteiger partial charge in [0.1, 0.15) is 5.92 Å². The summed E-state index contributed by atoms with van der Waals surface area (Å²) >= 11 is 1.70. The molecular formula is C17H18N2OS. The minimum absolute atomic E-state index is 0.201. The van der Waals surface area contributed by atoms with E-state index in [2.05, 4.69) is 24.4 Å². The Morgan fingerprint density at radius 2 is 1.95 bits per heavy atom. The second-order valence-electron chi connectivity index (χ2n) is 4.81. The quantitative estimate of drug-likeness (QED) is 0.889. The normalized spacial score (nSPS) is 11.6. The number of nitriles is 1. The third kappa shape index (κ3) is 4.44. The zero-order chi connectivity index (χ0) is 15.1. The lowest BCUT2D eigenvalue weighted by molar-refractivity contribution is -0.123. The number of nitrogens with one attached hydrogen (secondary N) is 1. The molecule has 1 atom stereocenters. The minimum atomic E-state index is -0.641. The highest BCUT2D eigenvalue weighted by Gasteiger charge is 2.18. The molecule has 21 heavy (non-hydrogen) atoms. The first-order valence-corrected chi connectivity index (χ1v) is 7.83. The molecule has 3 nitrogen and oxygen atoms in total. The van der Waals surface area contributed by atoms with Gasteiger partial charge in [-0.2, -0.15) is 5.26 Å². The molecule has 0 saturated carbocycles. The van der Waals surface area contributed by atoms with Crippen molar-refractivity contribution in [2.75, 3.05) is 0 Å². The van der Waals surface area contributed by atoms with Gasteiger partial charge in [0, 0.05) is 9.75 Å². The summed E-state index contributed by atoms with van der Waals surface area (Å²) < 4.78 is 0. The lowest BCUT2D eigenvalue weighted by Crippen LogP contribution is -2.30. The maximum Gasteiger partial charge on any atom is 0.237 e. The Morgan fingerprint density at radius 3 is 2.57 bits per heavy atom. The number of benzene rings is 1. The highest BCUT2D eigenvalue weighted by Crippen LogP contribution is 2.17. The first-order valence-electron chi connectivity index (χ1n) is 7.01. The summed E-state index contributed by atoms with van der Waals surface area (Å²) in [4.78, 5) is 14.5. The van der Waals surface area contributed by atoms with Crippen LogP contribution in [-0.2, 0) is 24.2 Å². The van der Waals surface area contributed by atoms with Gasteiger partial charge in [0.25, 0.3) is 0 Å². The maximum absolute atomic E-state index is 12.1. The van der Waals surface area contributed by atoms with Crippen LogP contribution >= 0.6 is 11.3 Å². The molecular weight excluding hydrogens is 280 g/mol. The Morgan fingerprint density at radius 1 is 1.24 bits per heavy atom. The number of aryl methyl sites for hydroxylation is 1. The van der Waals surface area contributed by atoms with Crippen LogP contribution in [-0.4, -0.2) is 5.91 Å². The third-order valence-electron chi connectivity index (χ3n) is 3.26. The molecule has 1 aromatic carbocycles. The number of nitrogens with zero attached hydrogens (tertiary/aromatic N) is 1. The fourth-order valence-electron chi connectivity index (χ4n) is 2.05. The lowest BCUT2D eigenvalue weighted by atomic mass is 10.00. The van der Waals surface area contributed by atoms with Crippen molar-refractivity contribution >= 4 is 17.2 Å². The van der Waals surface area contributed by atoms with Crippen molar-refractivity contribution in [2.24, 2.45) is 5.92 Å². The first kappa shape index (κ1) is 15.3. The smallest absolute Gasteiger partial charge is 0.237 e. The second kappa shape index (κ2) is 7.61. The van der Waals surface area contributed by atoms with Crippen LogP contribution in [0.1, 0.15) is 22.2 Å². The van der Waals surface area contributed by atoms with E-state index in [0.717, 1.165) is 16.9 Å². The van der Waals surface area contributed by atoms with Crippen molar-refractivity contribution in [1.82, 2.24) is 5.32 Å². The molecule has 0 aliphatic heterocycles. The zero-order valence-electron chi connectivity index (χ0n) is 12.0. The number of hydrogen-bond donors (Lipinski definition) is 1. The van der Waals surface area contributed by atoms with Crippen molar-refractivity contribution in [1.29, 1.82) is 5.26 Å².